The number of nitrogens with one attached hydrogen (secondary N) is 2. The van der Waals surface area contributed by atoms with E-state index in [1.807, 2.05) is 11.8 Å². The zero-order chi connectivity index (χ0) is 20.4. The largest absolute Gasteiger partial charge is 0.378 e. The molecule has 6 nitrogen and oxygen atoms in total. The van der Waals surface area contributed by atoms with Gasteiger partial charge in [-0.1, -0.05) is 38.1 Å². The van der Waals surface area contributed by atoms with Gasteiger partial charge in [-0.05, 0) is 36.8 Å². The zero-order valence-electron chi connectivity index (χ0n) is 17.8. The first kappa shape index (κ1) is 22.2. The van der Waals surface area contributed by atoms with E-state index < -0.39 is 0 Å². The first-order valence-corrected chi connectivity index (χ1v) is 10.4. The normalized spacial score (nSPS) is 16.0. The van der Waals surface area contributed by atoms with Crippen molar-refractivity contribution in [1.29, 1.82) is 0 Å². The highest BCUT2D eigenvalue weighted by Crippen LogP contribution is 2.15. The summed E-state index contributed by atoms with van der Waals surface area (Å²) in [4.78, 5) is 18.0. The van der Waals surface area contributed by atoms with Crippen molar-refractivity contribution in [2.45, 2.75) is 59.2 Å². The van der Waals surface area contributed by atoms with Crippen LogP contribution in [0.2, 0.25) is 0 Å². The Morgan fingerprint density at radius 3 is 2.50 bits per heavy atom. The molecule has 6 heteroatoms. The second kappa shape index (κ2) is 11.7. The minimum atomic E-state index is 0.268. The number of carbonyl (C=O) groups excluding carboxylic acids is 1. The van der Waals surface area contributed by atoms with E-state index >= 15 is 0 Å². The van der Waals surface area contributed by atoms with Gasteiger partial charge in [0, 0.05) is 46.3 Å². The molecule has 0 spiro atoms. The molecule has 0 radical (unpaired) electrons. The van der Waals surface area contributed by atoms with Gasteiger partial charge in [-0.25, -0.2) is 0 Å². The molecule has 0 aliphatic carbocycles. The Kier molecular flexibility index (Phi) is 9.28. The molecule has 1 saturated heterocycles. The Morgan fingerprint density at radius 1 is 1.21 bits per heavy atom. The summed E-state index contributed by atoms with van der Waals surface area (Å²) in [5.41, 5.74) is 2.37. The Balaban J connectivity index is 1.74. The van der Waals surface area contributed by atoms with Gasteiger partial charge < -0.3 is 20.3 Å². The number of nitrogens with zero attached hydrogens (tertiary/aromatic N) is 2. The lowest BCUT2D eigenvalue weighted by molar-refractivity contribution is -0.128. The van der Waals surface area contributed by atoms with Gasteiger partial charge >= 0.3 is 0 Å². The molecule has 0 aromatic heterocycles. The lowest BCUT2D eigenvalue weighted by Crippen LogP contribution is -2.38. The van der Waals surface area contributed by atoms with E-state index in [0.717, 1.165) is 38.5 Å². The fraction of sp³-hybridized carbons (Fsp3) is 0.636. The molecule has 1 aromatic rings. The van der Waals surface area contributed by atoms with Crippen LogP contribution < -0.4 is 10.6 Å². The van der Waals surface area contributed by atoms with Crippen molar-refractivity contribution in [2.75, 3.05) is 26.7 Å². The molecule has 1 heterocycles. The number of amides is 1. The molecule has 1 atom stereocenters. The van der Waals surface area contributed by atoms with Crippen molar-refractivity contribution in [2.24, 2.45) is 10.9 Å². The molecule has 2 N–H and O–H groups in total. The topological polar surface area (TPSA) is 66.0 Å². The number of hydrogen-bond acceptors (Lipinski definition) is 3. The zero-order valence-corrected chi connectivity index (χ0v) is 17.8. The Bertz CT molecular complexity index is 628. The van der Waals surface area contributed by atoms with E-state index in [0.29, 0.717) is 25.4 Å². The molecule has 1 aliphatic heterocycles. The summed E-state index contributed by atoms with van der Waals surface area (Å²) in [5, 5.41) is 6.72. The van der Waals surface area contributed by atoms with Crippen molar-refractivity contribution in [3.8, 4) is 0 Å². The summed E-state index contributed by atoms with van der Waals surface area (Å²) in [6.07, 6.45) is 2.90. The van der Waals surface area contributed by atoms with Crippen LogP contribution >= 0.6 is 0 Å². The van der Waals surface area contributed by atoms with Crippen molar-refractivity contribution < 1.29 is 9.53 Å². The highest BCUT2D eigenvalue weighted by atomic mass is 16.5. The van der Waals surface area contributed by atoms with Crippen LogP contribution in [0.1, 0.15) is 51.2 Å². The van der Waals surface area contributed by atoms with Gasteiger partial charge in [-0.2, -0.15) is 0 Å². The van der Waals surface area contributed by atoms with Gasteiger partial charge in [0.05, 0.1) is 6.10 Å². The van der Waals surface area contributed by atoms with E-state index in [1.165, 1.54) is 11.1 Å². The third-order valence-electron chi connectivity index (χ3n) is 5.10. The molecule has 0 saturated carbocycles. The van der Waals surface area contributed by atoms with E-state index in [9.17, 15) is 4.79 Å². The van der Waals surface area contributed by atoms with Gasteiger partial charge in [0.15, 0.2) is 5.96 Å². The highest BCUT2D eigenvalue weighted by Gasteiger charge is 2.19. The molecule has 28 heavy (non-hydrogen) atoms. The fourth-order valence-corrected chi connectivity index (χ4v) is 3.42. The van der Waals surface area contributed by atoms with Gasteiger partial charge in [0.25, 0.3) is 0 Å². The minimum absolute atomic E-state index is 0.268. The summed E-state index contributed by atoms with van der Waals surface area (Å²) in [5.74, 6) is 1.57. The molecule has 1 amide bonds. The maximum absolute atomic E-state index is 11.7. The second-order valence-corrected chi connectivity index (χ2v) is 7.61. The Hall–Kier alpha value is -2.08. The first-order valence-electron chi connectivity index (χ1n) is 10.4. The van der Waals surface area contributed by atoms with Crippen LogP contribution in [0.4, 0.5) is 0 Å². The lowest BCUT2D eigenvalue weighted by Gasteiger charge is -2.21. The van der Waals surface area contributed by atoms with E-state index in [2.05, 4.69) is 53.7 Å². The number of aliphatic imine (C=N–C) groups is 1. The van der Waals surface area contributed by atoms with Crippen molar-refractivity contribution in [3.05, 3.63) is 35.4 Å². The highest BCUT2D eigenvalue weighted by molar-refractivity contribution is 5.79. The summed E-state index contributed by atoms with van der Waals surface area (Å²) in [6, 6.07) is 8.43. The smallest absolute Gasteiger partial charge is 0.222 e. The summed E-state index contributed by atoms with van der Waals surface area (Å²) >= 11 is 0. The van der Waals surface area contributed by atoms with E-state index in [4.69, 9.17) is 4.74 Å². The van der Waals surface area contributed by atoms with Crippen molar-refractivity contribution in [3.63, 3.8) is 0 Å². The van der Waals surface area contributed by atoms with Crippen molar-refractivity contribution >= 4 is 11.9 Å². The predicted octanol–water partition coefficient (Wildman–Crippen LogP) is 2.93. The predicted molar refractivity (Wildman–Crippen MR) is 114 cm³/mol. The number of hydrogen-bond donors (Lipinski definition) is 2. The molecule has 1 aromatic carbocycles. The number of guanidine groups is 1. The molecule has 1 aliphatic rings. The number of benzene rings is 1. The molecular formula is C22H36N4O2. The number of rotatable bonds is 10. The van der Waals surface area contributed by atoms with Crippen LogP contribution in [0.25, 0.3) is 0 Å². The standard InChI is InChI=1S/C22H36N4O2/c1-5-28-20(17(2)3)12-13-24-22(23-4)25-15-18-8-10-19(11-9-18)16-26-14-6-7-21(26)27/h8-11,17,20H,5-7,12-16H2,1-4H3,(H2,23,24,25). The second-order valence-electron chi connectivity index (χ2n) is 7.61. The maximum atomic E-state index is 11.7. The molecule has 2 rings (SSSR count). The first-order chi connectivity index (χ1) is 13.5. The van der Waals surface area contributed by atoms with Crippen LogP contribution in [0.5, 0.6) is 0 Å². The van der Waals surface area contributed by atoms with Crippen LogP contribution in [-0.2, 0) is 22.6 Å². The summed E-state index contributed by atoms with van der Waals surface area (Å²) < 4.78 is 5.79. The van der Waals surface area contributed by atoms with Crippen molar-refractivity contribution in [1.82, 2.24) is 15.5 Å². The summed E-state index contributed by atoms with van der Waals surface area (Å²) in [7, 11) is 1.79. The van der Waals surface area contributed by atoms with Gasteiger partial charge in [-0.3, -0.25) is 9.79 Å². The van der Waals surface area contributed by atoms with Gasteiger partial charge in [0.2, 0.25) is 5.91 Å². The van der Waals surface area contributed by atoms with Gasteiger partial charge in [-0.15, -0.1) is 0 Å². The van der Waals surface area contributed by atoms with Crippen LogP contribution in [0.3, 0.4) is 0 Å². The SMILES string of the molecule is CCOC(CCNC(=NC)NCc1ccc(CN2CCCC2=O)cc1)C(C)C. The number of likely N-dealkylation sites (tertiary alicyclic amines) is 1. The number of carbonyl (C=O) groups is 1. The van der Waals surface area contributed by atoms with Crippen LogP contribution in [0.15, 0.2) is 29.3 Å². The monoisotopic (exact) mass is 388 g/mol. The Labute approximate surface area is 169 Å². The van der Waals surface area contributed by atoms with Crippen LogP contribution in [0, 0.1) is 5.92 Å². The molecular weight excluding hydrogens is 352 g/mol. The molecule has 1 fully saturated rings. The quantitative estimate of drug-likeness (QED) is 0.478. The van der Waals surface area contributed by atoms with Gasteiger partial charge in [0.1, 0.15) is 0 Å². The fourth-order valence-electron chi connectivity index (χ4n) is 3.42. The maximum Gasteiger partial charge on any atom is 0.222 e. The average Bonchev–Trinajstić information content (AvgIpc) is 3.09. The number of ether oxygens (including phenoxy) is 1. The van der Waals surface area contributed by atoms with E-state index in [1.54, 1.807) is 7.05 Å². The Morgan fingerprint density at radius 2 is 1.93 bits per heavy atom. The minimum Gasteiger partial charge on any atom is -0.378 e. The third kappa shape index (κ3) is 7.15. The average molecular weight is 389 g/mol. The van der Waals surface area contributed by atoms with Crippen LogP contribution in [-0.4, -0.2) is 49.6 Å². The molecule has 1 unspecified atom stereocenters. The third-order valence-corrected chi connectivity index (χ3v) is 5.10. The van der Waals surface area contributed by atoms with E-state index in [-0.39, 0.29) is 12.0 Å². The molecule has 0 bridgehead atoms. The summed E-state index contributed by atoms with van der Waals surface area (Å²) in [6.45, 7) is 10.3. The lowest BCUT2D eigenvalue weighted by atomic mass is 10.0. The molecule has 156 valence electrons.